The van der Waals surface area contributed by atoms with Crippen LogP contribution < -0.4 is 5.32 Å². The zero-order valence-electron chi connectivity index (χ0n) is 11.7. The number of carboxylic acid groups (broad SMARTS) is 2. The molecule has 0 saturated carbocycles. The summed E-state index contributed by atoms with van der Waals surface area (Å²) in [5.74, 6) is -1.09. The van der Waals surface area contributed by atoms with Crippen LogP contribution in [0, 0.1) is 0 Å². The second kappa shape index (κ2) is 9.16. The summed E-state index contributed by atoms with van der Waals surface area (Å²) in [6, 6.07) is 0. The summed E-state index contributed by atoms with van der Waals surface area (Å²) in [7, 11) is 0. The highest BCUT2D eigenvalue weighted by molar-refractivity contribution is 5.89. The van der Waals surface area contributed by atoms with Crippen LogP contribution in [0.2, 0.25) is 0 Å². The first-order valence-corrected chi connectivity index (χ1v) is 6.26. The number of carbonyl (C=O) groups is 2. The summed E-state index contributed by atoms with van der Waals surface area (Å²) in [4.78, 5) is 22.5. The van der Waals surface area contributed by atoms with Gasteiger partial charge in [0.15, 0.2) is 0 Å². The third kappa shape index (κ3) is 5.89. The van der Waals surface area contributed by atoms with Crippen LogP contribution in [0.5, 0.6) is 0 Å². The Labute approximate surface area is 117 Å². The summed E-state index contributed by atoms with van der Waals surface area (Å²) < 4.78 is 0. The van der Waals surface area contributed by atoms with E-state index in [9.17, 15) is 9.59 Å². The van der Waals surface area contributed by atoms with Crippen LogP contribution in [0.1, 0.15) is 26.7 Å². The van der Waals surface area contributed by atoms with Gasteiger partial charge in [0.25, 0.3) is 0 Å². The van der Waals surface area contributed by atoms with Gasteiger partial charge in [-0.25, -0.2) is 9.59 Å². The topological polar surface area (TPSA) is 130 Å². The molecule has 0 saturated heterocycles. The lowest BCUT2D eigenvalue weighted by Gasteiger charge is -2.33. The van der Waals surface area contributed by atoms with Gasteiger partial charge in [-0.05, 0) is 26.7 Å². The number of nitrogens with one attached hydrogen (secondary N) is 1. The van der Waals surface area contributed by atoms with Crippen LogP contribution in [-0.4, -0.2) is 63.3 Å². The van der Waals surface area contributed by atoms with Crippen molar-refractivity contribution in [1.29, 1.82) is 0 Å². The molecular weight excluding hydrogens is 268 g/mol. The summed E-state index contributed by atoms with van der Waals surface area (Å²) in [5, 5.41) is 36.5. The predicted molar refractivity (Wildman–Crippen MR) is 71.1 cm³/mol. The van der Waals surface area contributed by atoms with Crippen molar-refractivity contribution in [2.75, 3.05) is 19.8 Å². The third-order valence-corrected chi connectivity index (χ3v) is 2.74. The van der Waals surface area contributed by atoms with E-state index in [-0.39, 0.29) is 25.3 Å². The number of unbranched alkanes of at least 4 members (excludes halogenated alkanes) is 1. The fourth-order valence-electron chi connectivity index (χ4n) is 1.59. The zero-order valence-corrected chi connectivity index (χ0v) is 11.7. The van der Waals surface area contributed by atoms with Gasteiger partial charge in [0.2, 0.25) is 0 Å². The van der Waals surface area contributed by atoms with Crippen molar-refractivity contribution in [3.05, 3.63) is 11.3 Å². The number of rotatable bonds is 4. The maximum atomic E-state index is 10.7. The lowest BCUT2D eigenvalue weighted by atomic mass is 10.1. The second-order valence-corrected chi connectivity index (χ2v) is 4.29. The van der Waals surface area contributed by atoms with Gasteiger partial charge in [-0.3, -0.25) is 4.90 Å². The summed E-state index contributed by atoms with van der Waals surface area (Å²) in [5.41, 5.74) is 0.605. The van der Waals surface area contributed by atoms with Gasteiger partial charge in [0, 0.05) is 18.9 Å². The van der Waals surface area contributed by atoms with Crippen molar-refractivity contribution in [1.82, 2.24) is 10.2 Å². The molecule has 1 heterocycles. The van der Waals surface area contributed by atoms with Crippen LogP contribution in [-0.2, 0) is 4.79 Å². The van der Waals surface area contributed by atoms with Gasteiger partial charge >= 0.3 is 12.1 Å². The van der Waals surface area contributed by atoms with Gasteiger partial charge in [0.1, 0.15) is 6.17 Å². The maximum absolute atomic E-state index is 10.7. The predicted octanol–water partition coefficient (Wildman–Crippen LogP) is 0.0254. The largest absolute Gasteiger partial charge is 0.478 e. The minimum absolute atomic E-state index is 0.0787. The molecule has 0 aromatic carbocycles. The van der Waals surface area contributed by atoms with Crippen molar-refractivity contribution in [2.24, 2.45) is 0 Å². The number of aliphatic hydroxyl groups excluding tert-OH is 2. The average Bonchev–Trinajstić information content (AvgIpc) is 2.36. The number of hydrogen-bond donors (Lipinski definition) is 5. The smallest absolute Gasteiger partial charge is 0.409 e. The minimum Gasteiger partial charge on any atom is -0.478 e. The van der Waals surface area contributed by atoms with Gasteiger partial charge in [-0.2, -0.15) is 0 Å². The Bertz CT molecular complexity index is 365. The van der Waals surface area contributed by atoms with Crippen LogP contribution in [0.15, 0.2) is 11.3 Å². The molecule has 8 heteroatoms. The van der Waals surface area contributed by atoms with Crippen molar-refractivity contribution >= 4 is 12.1 Å². The first-order chi connectivity index (χ1) is 9.34. The molecule has 1 rings (SSSR count). The molecule has 1 atom stereocenters. The lowest BCUT2D eigenvalue weighted by molar-refractivity contribution is -0.133. The highest BCUT2D eigenvalue weighted by atomic mass is 16.4. The van der Waals surface area contributed by atoms with Gasteiger partial charge < -0.3 is 25.7 Å². The Kier molecular flexibility index (Phi) is 8.33. The van der Waals surface area contributed by atoms with E-state index in [1.165, 1.54) is 0 Å². The lowest BCUT2D eigenvalue weighted by Crippen LogP contribution is -2.51. The van der Waals surface area contributed by atoms with E-state index in [1.807, 2.05) is 0 Å². The molecule has 1 amide bonds. The molecule has 1 unspecified atom stereocenters. The van der Waals surface area contributed by atoms with Crippen molar-refractivity contribution in [2.45, 2.75) is 32.9 Å². The first kappa shape index (κ1) is 18.2. The number of hydrogen-bond acceptors (Lipinski definition) is 5. The van der Waals surface area contributed by atoms with Crippen molar-refractivity contribution in [3.63, 3.8) is 0 Å². The molecule has 0 aromatic heterocycles. The fraction of sp³-hybridized carbons (Fsp3) is 0.667. The Morgan fingerprint density at radius 3 is 2.10 bits per heavy atom. The molecule has 0 spiro atoms. The number of carboxylic acids is 1. The van der Waals surface area contributed by atoms with E-state index in [1.54, 1.807) is 13.8 Å². The highest BCUT2D eigenvalue weighted by Gasteiger charge is 2.28. The number of aliphatic carboxylic acids is 1. The Hall–Kier alpha value is -1.80. The zero-order chi connectivity index (χ0) is 15.7. The van der Waals surface area contributed by atoms with E-state index in [2.05, 4.69) is 5.32 Å². The Balaban J connectivity index is 0.000000511. The summed E-state index contributed by atoms with van der Waals surface area (Å²) >= 11 is 0. The van der Waals surface area contributed by atoms with Crippen LogP contribution in [0.3, 0.4) is 0 Å². The number of nitrogens with zero attached hydrogens (tertiary/aromatic N) is 1. The van der Waals surface area contributed by atoms with Crippen molar-refractivity contribution in [3.8, 4) is 0 Å². The molecule has 0 bridgehead atoms. The number of amides is 1. The fourth-order valence-corrected chi connectivity index (χ4v) is 1.59. The molecule has 0 radical (unpaired) electrons. The van der Waals surface area contributed by atoms with E-state index in [0.717, 1.165) is 17.7 Å². The molecule has 116 valence electrons. The SMILES string of the molecule is CC1=C(C(=O)O)CN(C(=O)O)C(C)N1.OCCCCO. The molecule has 1 aliphatic rings. The maximum Gasteiger partial charge on any atom is 0.409 e. The molecular formula is C12H22N2O6. The van der Waals surface area contributed by atoms with Gasteiger partial charge in [-0.15, -0.1) is 0 Å². The van der Waals surface area contributed by atoms with E-state index in [4.69, 9.17) is 20.4 Å². The van der Waals surface area contributed by atoms with Crippen LogP contribution >= 0.6 is 0 Å². The second-order valence-electron chi connectivity index (χ2n) is 4.29. The van der Waals surface area contributed by atoms with Crippen molar-refractivity contribution < 1.29 is 30.0 Å². The summed E-state index contributed by atoms with van der Waals surface area (Å²) in [6.07, 6.45) is -0.0839. The van der Waals surface area contributed by atoms with Crippen LogP contribution in [0.4, 0.5) is 4.79 Å². The van der Waals surface area contributed by atoms with E-state index >= 15 is 0 Å². The average molecular weight is 290 g/mol. The van der Waals surface area contributed by atoms with E-state index < -0.39 is 18.2 Å². The molecule has 0 aliphatic carbocycles. The monoisotopic (exact) mass is 290 g/mol. The molecule has 5 N–H and O–H groups in total. The number of aliphatic hydroxyl groups is 2. The number of allylic oxidation sites excluding steroid dienone is 1. The standard InChI is InChI=1S/C8H12N2O4.C4H10O2/c1-4-6(7(11)12)3-10(8(13)14)5(2)9-4;5-3-1-2-4-6/h5,9H,3H2,1-2H3,(H,11,12)(H,13,14);5-6H,1-4H2. The molecule has 0 aromatic rings. The Morgan fingerprint density at radius 1 is 1.25 bits per heavy atom. The molecule has 1 aliphatic heterocycles. The van der Waals surface area contributed by atoms with E-state index in [0.29, 0.717) is 5.70 Å². The third-order valence-electron chi connectivity index (χ3n) is 2.74. The Morgan fingerprint density at radius 2 is 1.75 bits per heavy atom. The quantitative estimate of drug-likeness (QED) is 0.461. The summed E-state index contributed by atoms with van der Waals surface area (Å²) in [6.45, 7) is 3.60. The molecule has 0 fully saturated rings. The molecule has 8 nitrogen and oxygen atoms in total. The van der Waals surface area contributed by atoms with Gasteiger partial charge in [0.05, 0.1) is 12.1 Å². The molecule has 20 heavy (non-hydrogen) atoms. The van der Waals surface area contributed by atoms with Crippen LogP contribution in [0.25, 0.3) is 0 Å². The minimum atomic E-state index is -1.13. The van der Waals surface area contributed by atoms with Gasteiger partial charge in [-0.1, -0.05) is 0 Å². The highest BCUT2D eigenvalue weighted by Crippen LogP contribution is 2.14. The first-order valence-electron chi connectivity index (χ1n) is 6.26. The normalized spacial score (nSPS) is 18.0.